The fraction of sp³-hybridized carbons (Fsp3) is 0.667. The summed E-state index contributed by atoms with van der Waals surface area (Å²) >= 11 is 0. The Morgan fingerprint density at radius 1 is 1.33 bits per heavy atom. The zero-order chi connectivity index (χ0) is 16.2. The van der Waals surface area contributed by atoms with E-state index in [0.29, 0.717) is 24.2 Å². The van der Waals surface area contributed by atoms with Gasteiger partial charge in [-0.05, 0) is 40.5 Å². The highest BCUT2D eigenvalue weighted by Gasteiger charge is 2.27. The lowest BCUT2D eigenvalue weighted by atomic mass is 9.89. The molecule has 21 heavy (non-hydrogen) atoms. The van der Waals surface area contributed by atoms with E-state index in [-0.39, 0.29) is 5.91 Å². The van der Waals surface area contributed by atoms with E-state index in [1.807, 2.05) is 18.5 Å². The number of nitrogens with zero attached hydrogens (tertiary/aromatic N) is 2. The van der Waals surface area contributed by atoms with Crippen LogP contribution in [0.2, 0.25) is 0 Å². The van der Waals surface area contributed by atoms with Gasteiger partial charge in [0.15, 0.2) is 0 Å². The van der Waals surface area contributed by atoms with Crippen molar-refractivity contribution < 1.29 is 14.7 Å². The normalized spacial score (nSPS) is 11.5. The molecule has 1 amide bonds. The lowest BCUT2D eigenvalue weighted by Gasteiger charge is -2.18. The molecular weight excluding hydrogens is 270 g/mol. The summed E-state index contributed by atoms with van der Waals surface area (Å²) in [5.41, 5.74) is 1.31. The molecule has 0 aliphatic heterocycles. The van der Waals surface area contributed by atoms with Crippen molar-refractivity contribution >= 4 is 11.9 Å². The van der Waals surface area contributed by atoms with Gasteiger partial charge >= 0.3 is 5.97 Å². The average molecular weight is 295 g/mol. The third-order valence-corrected chi connectivity index (χ3v) is 3.66. The lowest BCUT2D eigenvalue weighted by molar-refractivity contribution is -0.147. The number of nitrogens with one attached hydrogen (secondary N) is 1. The van der Waals surface area contributed by atoms with E-state index in [2.05, 4.69) is 17.3 Å². The summed E-state index contributed by atoms with van der Waals surface area (Å²) in [5.74, 6) is -1.05. The molecule has 118 valence electrons. The van der Waals surface area contributed by atoms with Crippen LogP contribution in [0.5, 0.6) is 0 Å². The molecule has 0 unspecified atom stereocenters. The third-order valence-electron chi connectivity index (χ3n) is 3.66. The minimum Gasteiger partial charge on any atom is -0.481 e. The van der Waals surface area contributed by atoms with Gasteiger partial charge in [-0.2, -0.15) is 5.10 Å². The number of carbonyl (C=O) groups excluding carboxylic acids is 1. The zero-order valence-corrected chi connectivity index (χ0v) is 13.5. The van der Waals surface area contributed by atoms with Crippen molar-refractivity contribution in [3.05, 3.63) is 17.0 Å². The van der Waals surface area contributed by atoms with Crippen LogP contribution in [-0.4, -0.2) is 33.3 Å². The first-order valence-electron chi connectivity index (χ1n) is 7.26. The minimum atomic E-state index is -0.861. The summed E-state index contributed by atoms with van der Waals surface area (Å²) in [6, 6.07) is 0. The fourth-order valence-electron chi connectivity index (χ4n) is 2.14. The molecule has 1 heterocycles. The highest BCUT2D eigenvalue weighted by molar-refractivity contribution is 5.96. The Labute approximate surface area is 125 Å². The first kappa shape index (κ1) is 17.2. The van der Waals surface area contributed by atoms with Crippen molar-refractivity contribution in [1.29, 1.82) is 0 Å². The summed E-state index contributed by atoms with van der Waals surface area (Å²) in [5, 5.41) is 16.2. The van der Waals surface area contributed by atoms with Gasteiger partial charge in [0.25, 0.3) is 5.91 Å². The number of aliphatic carboxylic acids is 1. The number of carboxylic acid groups (broad SMARTS) is 1. The molecule has 0 spiro atoms. The Bertz CT molecular complexity index is 533. The Balaban J connectivity index is 2.71. The van der Waals surface area contributed by atoms with Crippen LogP contribution in [0.1, 0.15) is 55.4 Å². The molecule has 6 heteroatoms. The van der Waals surface area contributed by atoms with Gasteiger partial charge in [0.1, 0.15) is 0 Å². The Kier molecular flexibility index (Phi) is 5.52. The Hall–Kier alpha value is -1.85. The maximum atomic E-state index is 12.2. The monoisotopic (exact) mass is 295 g/mol. The largest absolute Gasteiger partial charge is 0.481 e. The molecule has 0 saturated carbocycles. The van der Waals surface area contributed by atoms with E-state index in [0.717, 1.165) is 18.7 Å². The molecule has 0 radical (unpaired) electrons. The van der Waals surface area contributed by atoms with Crippen LogP contribution in [0.3, 0.4) is 0 Å². The SMILES string of the molecule is CCCn1nc(C)c(C(=O)NCCC(C)(C)C(=O)O)c1C. The first-order chi connectivity index (χ1) is 9.70. The second kappa shape index (κ2) is 6.74. The number of aryl methyl sites for hydroxylation is 2. The van der Waals surface area contributed by atoms with Crippen LogP contribution < -0.4 is 5.32 Å². The van der Waals surface area contributed by atoms with E-state index in [9.17, 15) is 9.59 Å². The molecule has 1 rings (SSSR count). The summed E-state index contributed by atoms with van der Waals surface area (Å²) in [6.07, 6.45) is 1.34. The number of hydrogen-bond donors (Lipinski definition) is 2. The van der Waals surface area contributed by atoms with E-state index in [1.165, 1.54) is 0 Å². The quantitative estimate of drug-likeness (QED) is 0.807. The van der Waals surface area contributed by atoms with Crippen LogP contribution in [0.15, 0.2) is 0 Å². The second-order valence-corrected chi connectivity index (χ2v) is 5.96. The lowest BCUT2D eigenvalue weighted by Crippen LogP contribution is -2.32. The molecule has 0 aliphatic carbocycles. The number of aromatic nitrogens is 2. The molecular formula is C15H25N3O3. The first-order valence-corrected chi connectivity index (χ1v) is 7.26. The van der Waals surface area contributed by atoms with Gasteiger partial charge in [-0.25, -0.2) is 0 Å². The van der Waals surface area contributed by atoms with Gasteiger partial charge in [0.05, 0.1) is 16.7 Å². The number of amides is 1. The maximum absolute atomic E-state index is 12.2. The molecule has 2 N–H and O–H groups in total. The number of hydrogen-bond acceptors (Lipinski definition) is 3. The molecule has 1 aromatic heterocycles. The van der Waals surface area contributed by atoms with Crippen molar-refractivity contribution in [2.75, 3.05) is 6.54 Å². The molecule has 0 aliphatic rings. The molecule has 1 aromatic rings. The fourth-order valence-corrected chi connectivity index (χ4v) is 2.14. The van der Waals surface area contributed by atoms with Crippen molar-refractivity contribution in [3.8, 4) is 0 Å². The van der Waals surface area contributed by atoms with Crippen molar-refractivity contribution in [3.63, 3.8) is 0 Å². The third kappa shape index (κ3) is 4.06. The van der Waals surface area contributed by atoms with E-state index in [1.54, 1.807) is 13.8 Å². The van der Waals surface area contributed by atoms with Crippen LogP contribution in [-0.2, 0) is 11.3 Å². The maximum Gasteiger partial charge on any atom is 0.309 e. The summed E-state index contributed by atoms with van der Waals surface area (Å²) < 4.78 is 1.84. The standard InChI is InChI=1S/C15H25N3O3/c1-6-9-18-11(3)12(10(2)17-18)13(19)16-8-7-15(4,5)14(20)21/h6-9H2,1-5H3,(H,16,19)(H,20,21). The second-order valence-electron chi connectivity index (χ2n) is 5.96. The molecule has 0 atom stereocenters. The van der Waals surface area contributed by atoms with Crippen LogP contribution in [0, 0.1) is 19.3 Å². The summed E-state index contributed by atoms with van der Waals surface area (Å²) in [7, 11) is 0. The van der Waals surface area contributed by atoms with E-state index in [4.69, 9.17) is 5.11 Å². The molecule has 0 fully saturated rings. The minimum absolute atomic E-state index is 0.187. The predicted octanol–water partition coefficient (Wildman–Crippen LogP) is 2.14. The van der Waals surface area contributed by atoms with Crippen LogP contribution >= 0.6 is 0 Å². The molecule has 6 nitrogen and oxygen atoms in total. The highest BCUT2D eigenvalue weighted by Crippen LogP contribution is 2.19. The van der Waals surface area contributed by atoms with Gasteiger partial charge in [-0.1, -0.05) is 6.92 Å². The predicted molar refractivity (Wildman–Crippen MR) is 80.4 cm³/mol. The van der Waals surface area contributed by atoms with Gasteiger partial charge < -0.3 is 10.4 Å². The number of carboxylic acids is 1. The summed E-state index contributed by atoms with van der Waals surface area (Å²) in [6.45, 7) is 10.2. The van der Waals surface area contributed by atoms with E-state index < -0.39 is 11.4 Å². The average Bonchev–Trinajstić information content (AvgIpc) is 2.64. The molecule has 0 saturated heterocycles. The van der Waals surface area contributed by atoms with Gasteiger partial charge in [-0.15, -0.1) is 0 Å². The van der Waals surface area contributed by atoms with Gasteiger partial charge in [0, 0.05) is 18.8 Å². The zero-order valence-electron chi connectivity index (χ0n) is 13.5. The van der Waals surface area contributed by atoms with Crippen molar-refractivity contribution in [2.45, 2.75) is 54.0 Å². The molecule has 0 bridgehead atoms. The highest BCUT2D eigenvalue weighted by atomic mass is 16.4. The van der Waals surface area contributed by atoms with Crippen LogP contribution in [0.25, 0.3) is 0 Å². The van der Waals surface area contributed by atoms with Crippen molar-refractivity contribution in [1.82, 2.24) is 15.1 Å². The van der Waals surface area contributed by atoms with Crippen molar-refractivity contribution in [2.24, 2.45) is 5.41 Å². The Morgan fingerprint density at radius 2 is 1.95 bits per heavy atom. The van der Waals surface area contributed by atoms with Gasteiger partial charge in [-0.3, -0.25) is 14.3 Å². The topological polar surface area (TPSA) is 84.2 Å². The Morgan fingerprint density at radius 3 is 2.48 bits per heavy atom. The van der Waals surface area contributed by atoms with Crippen LogP contribution in [0.4, 0.5) is 0 Å². The number of rotatable bonds is 7. The number of carbonyl (C=O) groups is 2. The molecule has 0 aromatic carbocycles. The summed E-state index contributed by atoms with van der Waals surface area (Å²) in [4.78, 5) is 23.3. The van der Waals surface area contributed by atoms with E-state index >= 15 is 0 Å². The van der Waals surface area contributed by atoms with Gasteiger partial charge in [0.2, 0.25) is 0 Å². The smallest absolute Gasteiger partial charge is 0.309 e.